The molecule has 0 bridgehead atoms. The molecule has 0 atom stereocenters. The maximum Gasteiger partial charge on any atom is 0.371 e. The molecule has 8 nitrogen and oxygen atoms in total. The van der Waals surface area contributed by atoms with Crippen molar-refractivity contribution < 1.29 is 36.7 Å². The minimum Gasteiger partial charge on any atom is -0.490 e. The van der Waals surface area contributed by atoms with Crippen LogP contribution in [0.1, 0.15) is 57.6 Å². The van der Waals surface area contributed by atoms with Crippen molar-refractivity contribution in [3.8, 4) is 17.2 Å². The molecule has 0 aliphatic rings. The predicted octanol–water partition coefficient (Wildman–Crippen LogP) is 5.46. The Morgan fingerprint density at radius 3 is 2.33 bits per heavy atom. The molecule has 1 N–H and O–H groups in total. The van der Waals surface area contributed by atoms with E-state index in [0.717, 1.165) is 19.3 Å². The third-order valence-corrected chi connectivity index (χ3v) is 6.32. The fourth-order valence-corrected chi connectivity index (χ4v) is 4.37. The lowest BCUT2D eigenvalue weighted by Crippen LogP contribution is -2.15. The van der Waals surface area contributed by atoms with Crippen LogP contribution in [0.25, 0.3) is 6.08 Å². The van der Waals surface area contributed by atoms with Gasteiger partial charge in [0.15, 0.2) is 11.5 Å². The summed E-state index contributed by atoms with van der Waals surface area (Å²) in [6, 6.07) is 12.1. The molecule has 0 unspecified atom stereocenters. The molecule has 0 aromatic heterocycles. The molecule has 2 rings (SSSR count). The van der Waals surface area contributed by atoms with E-state index in [-0.39, 0.29) is 24.7 Å². The van der Waals surface area contributed by atoms with E-state index >= 15 is 0 Å². The van der Waals surface area contributed by atoms with E-state index in [1.165, 1.54) is 6.08 Å². The van der Waals surface area contributed by atoms with Gasteiger partial charge in [-0.15, -0.1) is 0 Å². The Kier molecular flexibility index (Phi) is 12.1. The molecular weight excluding hydrogens is 484 g/mol. The Hall–Kier alpha value is -3.20. The summed E-state index contributed by atoms with van der Waals surface area (Å²) in [5.41, 5.74) is 1.32. The number of ether oxygens (including phenoxy) is 3. The van der Waals surface area contributed by atoms with E-state index in [4.69, 9.17) is 18.4 Å². The molecule has 0 aliphatic carbocycles. The van der Waals surface area contributed by atoms with Gasteiger partial charge in [-0.2, -0.15) is 8.42 Å². The van der Waals surface area contributed by atoms with Crippen LogP contribution in [0.15, 0.2) is 48.2 Å². The van der Waals surface area contributed by atoms with Gasteiger partial charge in [-0.25, -0.2) is 4.79 Å². The van der Waals surface area contributed by atoms with Crippen molar-refractivity contribution in [2.24, 2.45) is 0 Å². The summed E-state index contributed by atoms with van der Waals surface area (Å²) < 4.78 is 46.9. The quantitative estimate of drug-likeness (QED) is 0.127. The highest BCUT2D eigenvalue weighted by Gasteiger charge is 2.15. The van der Waals surface area contributed by atoms with Crippen LogP contribution in [0.3, 0.4) is 0 Å². The van der Waals surface area contributed by atoms with Gasteiger partial charge in [0.25, 0.3) is 0 Å². The van der Waals surface area contributed by atoms with Crippen LogP contribution in [-0.4, -0.2) is 45.1 Å². The smallest absolute Gasteiger partial charge is 0.371 e. The number of carboxylic acids is 1. The van der Waals surface area contributed by atoms with Crippen molar-refractivity contribution in [3.05, 3.63) is 59.4 Å². The first-order chi connectivity index (χ1) is 17.3. The van der Waals surface area contributed by atoms with Crippen molar-refractivity contribution in [2.45, 2.75) is 52.9 Å². The summed E-state index contributed by atoms with van der Waals surface area (Å²) in [7, 11) is -3.66. The van der Waals surface area contributed by atoms with Crippen LogP contribution in [0.2, 0.25) is 0 Å². The summed E-state index contributed by atoms with van der Waals surface area (Å²) >= 11 is 0. The number of carbonyl (C=O) groups is 1. The molecule has 0 fully saturated rings. The van der Waals surface area contributed by atoms with E-state index in [1.807, 2.05) is 19.1 Å². The Morgan fingerprint density at radius 1 is 0.917 bits per heavy atom. The topological polar surface area (TPSA) is 108 Å². The van der Waals surface area contributed by atoms with Gasteiger partial charge in [-0.1, -0.05) is 51.0 Å². The van der Waals surface area contributed by atoms with Gasteiger partial charge < -0.3 is 23.5 Å². The van der Waals surface area contributed by atoms with Crippen LogP contribution in [-0.2, 0) is 26.1 Å². The fraction of sp³-hybridized carbons (Fsp3) is 0.444. The van der Waals surface area contributed by atoms with Crippen LogP contribution in [0.5, 0.6) is 17.2 Å². The highest BCUT2D eigenvalue weighted by atomic mass is 32.2. The average Bonchev–Trinajstić information content (AvgIpc) is 2.84. The SMILES string of the molecule is CCCCOc1cc(C=C(OCC)C(=O)O)ccc1OCCc1ccccc1OS(=O)(=O)CCCC. The summed E-state index contributed by atoms with van der Waals surface area (Å²) in [6.07, 6.45) is 4.98. The van der Waals surface area contributed by atoms with Crippen LogP contribution in [0.4, 0.5) is 0 Å². The lowest BCUT2D eigenvalue weighted by molar-refractivity contribution is -0.136. The summed E-state index contributed by atoms with van der Waals surface area (Å²) in [4.78, 5) is 11.4. The molecule has 0 radical (unpaired) electrons. The van der Waals surface area contributed by atoms with Crippen LogP contribution >= 0.6 is 0 Å². The molecule has 0 heterocycles. The van der Waals surface area contributed by atoms with Crippen molar-refractivity contribution >= 4 is 22.2 Å². The second-order valence-corrected chi connectivity index (χ2v) is 9.75. The number of para-hydroxylation sites is 1. The van der Waals surface area contributed by atoms with E-state index in [0.29, 0.717) is 47.8 Å². The van der Waals surface area contributed by atoms with E-state index in [1.54, 1.807) is 37.3 Å². The standard InChI is InChI=1S/C27H36O8S/c1-4-7-16-33-25-19-21(20-26(27(28)29)32-6-3)13-14-24(25)34-17-15-22-11-9-10-12-23(22)35-36(30,31)18-8-5-2/h9-14,19-20H,4-8,15-18H2,1-3H3,(H,28,29). The van der Waals surface area contributed by atoms with Gasteiger partial charge in [-0.3, -0.25) is 0 Å². The second-order valence-electron chi connectivity index (χ2n) is 8.06. The van der Waals surface area contributed by atoms with Gasteiger partial charge in [0, 0.05) is 6.42 Å². The van der Waals surface area contributed by atoms with E-state index in [9.17, 15) is 18.3 Å². The second kappa shape index (κ2) is 15.0. The molecule has 198 valence electrons. The maximum absolute atomic E-state index is 12.2. The molecule has 0 saturated heterocycles. The summed E-state index contributed by atoms with van der Waals surface area (Å²) in [6.45, 7) is 6.69. The molecule has 0 aliphatic heterocycles. The highest BCUT2D eigenvalue weighted by Crippen LogP contribution is 2.30. The predicted molar refractivity (Wildman–Crippen MR) is 139 cm³/mol. The Morgan fingerprint density at radius 2 is 1.64 bits per heavy atom. The van der Waals surface area contributed by atoms with Crippen molar-refractivity contribution in [2.75, 3.05) is 25.6 Å². The number of benzene rings is 2. The van der Waals surface area contributed by atoms with Crippen molar-refractivity contribution in [3.63, 3.8) is 0 Å². The van der Waals surface area contributed by atoms with E-state index in [2.05, 4.69) is 6.92 Å². The zero-order valence-corrected chi connectivity index (χ0v) is 22.0. The average molecular weight is 521 g/mol. The number of carboxylic acid groups (broad SMARTS) is 1. The number of hydrogen-bond acceptors (Lipinski definition) is 7. The number of rotatable bonds is 17. The molecule has 0 amide bonds. The normalized spacial score (nSPS) is 11.7. The third-order valence-electron chi connectivity index (χ3n) is 5.10. The Labute approximate surface area is 214 Å². The van der Waals surface area contributed by atoms with Gasteiger partial charge in [0.2, 0.25) is 5.76 Å². The lowest BCUT2D eigenvalue weighted by Gasteiger charge is -2.15. The molecule has 0 spiro atoms. The number of unbranched alkanes of at least 4 members (excludes halogenated alkanes) is 2. The zero-order chi connectivity index (χ0) is 26.4. The summed E-state index contributed by atoms with van der Waals surface area (Å²) in [5, 5.41) is 9.33. The van der Waals surface area contributed by atoms with Gasteiger partial charge in [-0.05, 0) is 55.2 Å². The van der Waals surface area contributed by atoms with Gasteiger partial charge >= 0.3 is 16.1 Å². The first kappa shape index (κ1) is 29.0. The fourth-order valence-electron chi connectivity index (χ4n) is 3.21. The molecular formula is C27H36O8S. The molecule has 2 aromatic carbocycles. The molecule has 36 heavy (non-hydrogen) atoms. The molecule has 9 heteroatoms. The zero-order valence-electron chi connectivity index (χ0n) is 21.2. The van der Waals surface area contributed by atoms with Gasteiger partial charge in [0.1, 0.15) is 5.75 Å². The lowest BCUT2D eigenvalue weighted by atomic mass is 10.1. The minimum atomic E-state index is -3.66. The number of aliphatic carboxylic acids is 1. The Bertz CT molecular complexity index is 1110. The van der Waals surface area contributed by atoms with Gasteiger partial charge in [0.05, 0.1) is 25.6 Å². The minimum absolute atomic E-state index is 0.0273. The summed E-state index contributed by atoms with van der Waals surface area (Å²) in [5.74, 6) is -0.0373. The molecule has 0 saturated carbocycles. The monoisotopic (exact) mass is 520 g/mol. The van der Waals surface area contributed by atoms with Crippen molar-refractivity contribution in [1.82, 2.24) is 0 Å². The largest absolute Gasteiger partial charge is 0.490 e. The maximum atomic E-state index is 12.2. The van der Waals surface area contributed by atoms with Crippen LogP contribution in [0, 0.1) is 0 Å². The van der Waals surface area contributed by atoms with Crippen molar-refractivity contribution in [1.29, 1.82) is 0 Å². The third kappa shape index (κ3) is 9.81. The highest BCUT2D eigenvalue weighted by molar-refractivity contribution is 7.87. The van der Waals surface area contributed by atoms with Crippen LogP contribution < -0.4 is 13.7 Å². The first-order valence-corrected chi connectivity index (χ1v) is 13.8. The Balaban J connectivity index is 2.16. The number of hydrogen-bond donors (Lipinski definition) is 1. The molecule has 2 aromatic rings. The van der Waals surface area contributed by atoms with E-state index < -0.39 is 16.1 Å². The first-order valence-electron chi connectivity index (χ1n) is 12.3.